The number of aromatic nitrogens is 2. The highest BCUT2D eigenvalue weighted by molar-refractivity contribution is 5.38. The van der Waals surface area contributed by atoms with Crippen LogP contribution in [0.25, 0.3) is 0 Å². The molecule has 0 saturated heterocycles. The van der Waals surface area contributed by atoms with E-state index in [9.17, 15) is 5.11 Å². The van der Waals surface area contributed by atoms with Crippen molar-refractivity contribution in [2.45, 2.75) is 52.1 Å². The topological polar surface area (TPSA) is 67.3 Å². The van der Waals surface area contributed by atoms with E-state index in [4.69, 9.17) is 4.74 Å². The average molecular weight is 279 g/mol. The fourth-order valence-electron chi connectivity index (χ4n) is 2.58. The van der Waals surface area contributed by atoms with Crippen molar-refractivity contribution in [2.24, 2.45) is 5.92 Å². The molecule has 0 aromatic carbocycles. The van der Waals surface area contributed by atoms with E-state index in [2.05, 4.69) is 22.2 Å². The van der Waals surface area contributed by atoms with Crippen molar-refractivity contribution in [1.29, 1.82) is 0 Å². The minimum absolute atomic E-state index is 0.530. The smallest absolute Gasteiger partial charge is 0.218 e. The van der Waals surface area contributed by atoms with Gasteiger partial charge in [0, 0.05) is 12.6 Å². The Kier molecular flexibility index (Phi) is 4.81. The summed E-state index contributed by atoms with van der Waals surface area (Å²) in [5.41, 5.74) is -0.614. The van der Waals surface area contributed by atoms with Gasteiger partial charge in [0.15, 0.2) is 0 Å². The molecular weight excluding hydrogens is 254 g/mol. The number of anilines is 1. The molecule has 1 fully saturated rings. The number of nitrogens with one attached hydrogen (secondary N) is 1. The van der Waals surface area contributed by atoms with Crippen LogP contribution < -0.4 is 10.1 Å². The third kappa shape index (κ3) is 4.07. The van der Waals surface area contributed by atoms with E-state index in [0.29, 0.717) is 30.7 Å². The molecule has 0 atom stereocenters. The molecule has 1 heterocycles. The molecule has 0 radical (unpaired) electrons. The first-order valence-corrected chi connectivity index (χ1v) is 7.45. The maximum Gasteiger partial charge on any atom is 0.218 e. The van der Waals surface area contributed by atoms with Crippen LogP contribution in [0.3, 0.4) is 0 Å². The Bertz CT molecular complexity index is 443. The molecule has 0 bridgehead atoms. The summed E-state index contributed by atoms with van der Waals surface area (Å²) >= 11 is 0. The van der Waals surface area contributed by atoms with Gasteiger partial charge in [0.2, 0.25) is 5.88 Å². The molecule has 5 nitrogen and oxygen atoms in total. The second-order valence-electron chi connectivity index (χ2n) is 5.83. The third-order valence-electron chi connectivity index (χ3n) is 3.91. The van der Waals surface area contributed by atoms with Crippen LogP contribution in [-0.2, 0) is 0 Å². The monoisotopic (exact) mass is 279 g/mol. The fourth-order valence-corrected chi connectivity index (χ4v) is 2.58. The normalized spacial score (nSPS) is 26.3. The SMILES string of the molecule is CCOc1cc(NCC2(O)CCC(C)CC2)nc(C)n1. The van der Waals surface area contributed by atoms with Crippen LogP contribution in [0.1, 0.15) is 45.4 Å². The Morgan fingerprint density at radius 3 is 2.75 bits per heavy atom. The van der Waals surface area contributed by atoms with Gasteiger partial charge >= 0.3 is 0 Å². The molecule has 112 valence electrons. The summed E-state index contributed by atoms with van der Waals surface area (Å²) in [6.45, 7) is 7.12. The molecule has 20 heavy (non-hydrogen) atoms. The summed E-state index contributed by atoms with van der Waals surface area (Å²) < 4.78 is 5.40. The number of hydrogen-bond acceptors (Lipinski definition) is 5. The molecule has 2 rings (SSSR count). The van der Waals surface area contributed by atoms with Crippen molar-refractivity contribution in [2.75, 3.05) is 18.5 Å². The zero-order chi connectivity index (χ0) is 14.6. The maximum atomic E-state index is 10.6. The van der Waals surface area contributed by atoms with Crippen LogP contribution in [0, 0.1) is 12.8 Å². The molecule has 1 aliphatic carbocycles. The van der Waals surface area contributed by atoms with E-state index < -0.39 is 5.60 Å². The van der Waals surface area contributed by atoms with Gasteiger partial charge in [0.05, 0.1) is 12.2 Å². The third-order valence-corrected chi connectivity index (χ3v) is 3.91. The van der Waals surface area contributed by atoms with Gasteiger partial charge < -0.3 is 15.2 Å². The van der Waals surface area contributed by atoms with Gasteiger partial charge in [-0.1, -0.05) is 6.92 Å². The van der Waals surface area contributed by atoms with Crippen molar-refractivity contribution in [3.63, 3.8) is 0 Å². The van der Waals surface area contributed by atoms with Crippen molar-refractivity contribution >= 4 is 5.82 Å². The number of hydrogen-bond donors (Lipinski definition) is 2. The Morgan fingerprint density at radius 2 is 2.10 bits per heavy atom. The second kappa shape index (κ2) is 6.39. The quantitative estimate of drug-likeness (QED) is 0.867. The first-order chi connectivity index (χ1) is 9.50. The summed E-state index contributed by atoms with van der Waals surface area (Å²) in [6, 6.07) is 1.78. The van der Waals surface area contributed by atoms with Gasteiger partial charge in [-0.25, -0.2) is 4.98 Å². The molecular formula is C15H25N3O2. The van der Waals surface area contributed by atoms with Gasteiger partial charge in [0.25, 0.3) is 0 Å². The number of nitrogens with zero attached hydrogens (tertiary/aromatic N) is 2. The van der Waals surface area contributed by atoms with Crippen molar-refractivity contribution in [3.8, 4) is 5.88 Å². The lowest BCUT2D eigenvalue weighted by atomic mass is 9.79. The van der Waals surface area contributed by atoms with E-state index in [1.54, 1.807) is 6.07 Å². The van der Waals surface area contributed by atoms with Crippen LogP contribution in [0.2, 0.25) is 0 Å². The summed E-state index contributed by atoms with van der Waals surface area (Å²) in [5, 5.41) is 13.8. The van der Waals surface area contributed by atoms with Crippen molar-refractivity contribution in [1.82, 2.24) is 9.97 Å². The lowest BCUT2D eigenvalue weighted by Crippen LogP contribution is -2.40. The lowest BCUT2D eigenvalue weighted by Gasteiger charge is -2.35. The Morgan fingerprint density at radius 1 is 1.40 bits per heavy atom. The molecule has 5 heteroatoms. The molecule has 0 amide bonds. The van der Waals surface area contributed by atoms with Gasteiger partial charge in [0.1, 0.15) is 11.6 Å². The summed E-state index contributed by atoms with van der Waals surface area (Å²) in [4.78, 5) is 8.54. The minimum atomic E-state index is -0.614. The maximum absolute atomic E-state index is 10.6. The summed E-state index contributed by atoms with van der Waals surface area (Å²) in [6.07, 6.45) is 3.88. The lowest BCUT2D eigenvalue weighted by molar-refractivity contribution is 0.00493. The molecule has 2 N–H and O–H groups in total. The van der Waals surface area contributed by atoms with Gasteiger partial charge in [-0.15, -0.1) is 0 Å². The number of aliphatic hydroxyl groups is 1. The summed E-state index contributed by atoms with van der Waals surface area (Å²) in [5.74, 6) is 2.68. The molecule has 0 aliphatic heterocycles. The Hall–Kier alpha value is -1.36. The first-order valence-electron chi connectivity index (χ1n) is 7.45. The Balaban J connectivity index is 1.96. The van der Waals surface area contributed by atoms with E-state index in [0.717, 1.165) is 31.6 Å². The van der Waals surface area contributed by atoms with Crippen molar-refractivity contribution in [3.05, 3.63) is 11.9 Å². The predicted molar refractivity (Wildman–Crippen MR) is 79.0 cm³/mol. The minimum Gasteiger partial charge on any atom is -0.478 e. The highest BCUT2D eigenvalue weighted by atomic mass is 16.5. The van der Waals surface area contributed by atoms with E-state index in [-0.39, 0.29) is 0 Å². The zero-order valence-electron chi connectivity index (χ0n) is 12.6. The molecule has 1 saturated carbocycles. The average Bonchev–Trinajstić information content (AvgIpc) is 2.40. The van der Waals surface area contributed by atoms with Crippen LogP contribution >= 0.6 is 0 Å². The fraction of sp³-hybridized carbons (Fsp3) is 0.733. The highest BCUT2D eigenvalue weighted by Crippen LogP contribution is 2.31. The summed E-state index contributed by atoms with van der Waals surface area (Å²) in [7, 11) is 0. The van der Waals surface area contributed by atoms with Crippen LogP contribution in [-0.4, -0.2) is 33.8 Å². The van der Waals surface area contributed by atoms with E-state index in [1.807, 2.05) is 13.8 Å². The van der Waals surface area contributed by atoms with Crippen LogP contribution in [0.15, 0.2) is 6.07 Å². The molecule has 1 aromatic heterocycles. The number of rotatable bonds is 5. The second-order valence-corrected chi connectivity index (χ2v) is 5.83. The molecule has 1 aromatic rings. The number of aryl methyl sites for hydroxylation is 1. The molecule has 0 unspecified atom stereocenters. The van der Waals surface area contributed by atoms with Gasteiger partial charge in [-0.2, -0.15) is 4.98 Å². The van der Waals surface area contributed by atoms with Crippen LogP contribution in [0.4, 0.5) is 5.82 Å². The zero-order valence-corrected chi connectivity index (χ0v) is 12.6. The Labute approximate surface area is 120 Å². The standard InChI is InChI=1S/C15H25N3O2/c1-4-20-14-9-13(17-12(3)18-14)16-10-15(19)7-5-11(2)6-8-15/h9,11,19H,4-8,10H2,1-3H3,(H,16,17,18). The van der Waals surface area contributed by atoms with Crippen molar-refractivity contribution < 1.29 is 9.84 Å². The molecule has 0 spiro atoms. The van der Waals surface area contributed by atoms with E-state index >= 15 is 0 Å². The van der Waals surface area contributed by atoms with Crippen LogP contribution in [0.5, 0.6) is 5.88 Å². The largest absolute Gasteiger partial charge is 0.478 e. The number of ether oxygens (including phenoxy) is 1. The molecule has 1 aliphatic rings. The first kappa shape index (κ1) is 15.0. The van der Waals surface area contributed by atoms with E-state index in [1.165, 1.54) is 0 Å². The highest BCUT2D eigenvalue weighted by Gasteiger charge is 2.31. The van der Waals surface area contributed by atoms with Gasteiger partial charge in [-0.05, 0) is 45.4 Å². The van der Waals surface area contributed by atoms with Gasteiger partial charge in [-0.3, -0.25) is 0 Å². The predicted octanol–water partition coefficient (Wildman–Crippen LogP) is 2.54.